The molecule has 0 aromatic heterocycles. The third kappa shape index (κ3) is 4.33. The Morgan fingerprint density at radius 3 is 2.70 bits per heavy atom. The van der Waals surface area contributed by atoms with Gasteiger partial charge in [-0.2, -0.15) is 0 Å². The Morgan fingerprint density at radius 2 is 2.04 bits per heavy atom. The number of nitro groups is 1. The minimum atomic E-state index is -0.549. The van der Waals surface area contributed by atoms with Crippen molar-refractivity contribution in [2.45, 2.75) is 6.54 Å². The first-order valence-electron chi connectivity index (χ1n) is 6.62. The van der Waals surface area contributed by atoms with Gasteiger partial charge in [0.1, 0.15) is 5.75 Å². The summed E-state index contributed by atoms with van der Waals surface area (Å²) >= 11 is 6.00. The van der Waals surface area contributed by atoms with Crippen molar-refractivity contribution in [1.29, 1.82) is 0 Å². The highest BCUT2D eigenvalue weighted by Crippen LogP contribution is 2.28. The number of hydrogen-bond acceptors (Lipinski definition) is 4. The molecule has 0 aliphatic rings. The predicted molar refractivity (Wildman–Crippen MR) is 87.0 cm³/mol. The molecule has 0 spiro atoms. The van der Waals surface area contributed by atoms with Crippen molar-refractivity contribution in [2.24, 2.45) is 0 Å². The Labute approximate surface area is 137 Å². The molecule has 23 heavy (non-hydrogen) atoms. The molecule has 0 saturated carbocycles. The van der Waals surface area contributed by atoms with E-state index in [2.05, 4.69) is 10.6 Å². The number of benzene rings is 2. The number of carbonyl (C=O) groups excluding carboxylic acids is 1. The normalized spacial score (nSPS) is 10.0. The maximum atomic E-state index is 12.0. The fourth-order valence-corrected chi connectivity index (χ4v) is 2.09. The number of nitro benzene ring substituents is 1. The molecule has 2 N–H and O–H groups in total. The van der Waals surface area contributed by atoms with Gasteiger partial charge in [-0.05, 0) is 17.7 Å². The number of anilines is 1. The molecule has 2 aromatic carbocycles. The Balaban J connectivity index is 2.06. The van der Waals surface area contributed by atoms with E-state index < -0.39 is 11.0 Å². The van der Waals surface area contributed by atoms with Crippen molar-refractivity contribution >= 4 is 29.0 Å². The number of urea groups is 1. The number of non-ortho nitro benzene ring substituents is 1. The number of methoxy groups -OCH3 is 1. The van der Waals surface area contributed by atoms with Gasteiger partial charge >= 0.3 is 6.03 Å². The average molecular weight is 336 g/mol. The quantitative estimate of drug-likeness (QED) is 0.645. The van der Waals surface area contributed by atoms with Crippen LogP contribution in [0.5, 0.6) is 5.75 Å². The molecule has 2 amide bonds. The van der Waals surface area contributed by atoms with Crippen LogP contribution in [0.15, 0.2) is 42.5 Å². The SMILES string of the molecule is COc1ccc([N+](=O)[O-])cc1NC(=O)NCc1ccccc1Cl. The van der Waals surface area contributed by atoms with E-state index in [1.165, 1.54) is 25.3 Å². The molecule has 0 aliphatic heterocycles. The molecule has 2 aromatic rings. The van der Waals surface area contributed by atoms with Gasteiger partial charge in [0.25, 0.3) is 5.69 Å². The van der Waals surface area contributed by atoms with Crippen molar-refractivity contribution in [3.63, 3.8) is 0 Å². The third-order valence-electron chi connectivity index (χ3n) is 3.04. The van der Waals surface area contributed by atoms with Crippen LogP contribution in [0, 0.1) is 10.1 Å². The maximum Gasteiger partial charge on any atom is 0.319 e. The lowest BCUT2D eigenvalue weighted by Crippen LogP contribution is -2.28. The summed E-state index contributed by atoms with van der Waals surface area (Å²) in [6.45, 7) is 0.225. The summed E-state index contributed by atoms with van der Waals surface area (Å²) in [5.41, 5.74) is 0.820. The second-order valence-corrected chi connectivity index (χ2v) is 4.95. The Morgan fingerprint density at radius 1 is 1.30 bits per heavy atom. The molecule has 0 unspecified atom stereocenters. The van der Waals surface area contributed by atoms with Gasteiger partial charge in [-0.15, -0.1) is 0 Å². The van der Waals surface area contributed by atoms with Crippen LogP contribution in [0.4, 0.5) is 16.2 Å². The van der Waals surface area contributed by atoms with E-state index in [0.29, 0.717) is 10.8 Å². The summed E-state index contributed by atoms with van der Waals surface area (Å²) in [5.74, 6) is 0.323. The molecular weight excluding hydrogens is 322 g/mol. The first-order valence-corrected chi connectivity index (χ1v) is 6.99. The number of carbonyl (C=O) groups is 1. The summed E-state index contributed by atoms with van der Waals surface area (Å²) in [6.07, 6.45) is 0. The number of ether oxygens (including phenoxy) is 1. The molecule has 7 nitrogen and oxygen atoms in total. The van der Waals surface area contributed by atoms with Crippen molar-refractivity contribution in [2.75, 3.05) is 12.4 Å². The molecule has 0 fully saturated rings. The van der Waals surface area contributed by atoms with Crippen LogP contribution in [0.25, 0.3) is 0 Å². The van der Waals surface area contributed by atoms with Crippen LogP contribution in [-0.2, 0) is 6.54 Å². The molecule has 120 valence electrons. The van der Waals surface area contributed by atoms with E-state index in [-0.39, 0.29) is 17.9 Å². The first kappa shape index (κ1) is 16.6. The Bertz CT molecular complexity index is 736. The minimum absolute atomic E-state index is 0.146. The van der Waals surface area contributed by atoms with Crippen molar-refractivity contribution in [1.82, 2.24) is 5.32 Å². The Hall–Kier alpha value is -2.80. The zero-order chi connectivity index (χ0) is 16.8. The van der Waals surface area contributed by atoms with Gasteiger partial charge in [-0.25, -0.2) is 4.79 Å². The zero-order valence-electron chi connectivity index (χ0n) is 12.2. The summed E-state index contributed by atoms with van der Waals surface area (Å²) in [4.78, 5) is 22.2. The zero-order valence-corrected chi connectivity index (χ0v) is 13.0. The van der Waals surface area contributed by atoms with E-state index in [9.17, 15) is 14.9 Å². The lowest BCUT2D eigenvalue weighted by atomic mass is 10.2. The minimum Gasteiger partial charge on any atom is -0.495 e. The van der Waals surface area contributed by atoms with E-state index >= 15 is 0 Å². The Kier molecular flexibility index (Phi) is 5.37. The highest BCUT2D eigenvalue weighted by Gasteiger charge is 2.13. The first-order chi connectivity index (χ1) is 11.0. The standard InChI is InChI=1S/C15H14ClN3O4/c1-23-14-7-6-11(19(21)22)8-13(14)18-15(20)17-9-10-4-2-3-5-12(10)16/h2-8H,9H2,1H3,(H2,17,18,20). The molecule has 2 rings (SSSR count). The number of rotatable bonds is 5. The summed E-state index contributed by atoms with van der Waals surface area (Å²) < 4.78 is 5.08. The van der Waals surface area contributed by atoms with Gasteiger partial charge < -0.3 is 15.4 Å². The second kappa shape index (κ2) is 7.46. The van der Waals surface area contributed by atoms with Crippen LogP contribution in [-0.4, -0.2) is 18.1 Å². The molecule has 0 atom stereocenters. The van der Waals surface area contributed by atoms with Gasteiger partial charge in [0.2, 0.25) is 0 Å². The van der Waals surface area contributed by atoms with Crippen molar-refractivity contribution < 1.29 is 14.5 Å². The van der Waals surface area contributed by atoms with E-state index in [0.717, 1.165) is 5.56 Å². The van der Waals surface area contributed by atoms with Crippen molar-refractivity contribution in [3.8, 4) is 5.75 Å². The van der Waals surface area contributed by atoms with Gasteiger partial charge in [0.15, 0.2) is 0 Å². The molecular formula is C15H14ClN3O4. The fourth-order valence-electron chi connectivity index (χ4n) is 1.89. The highest BCUT2D eigenvalue weighted by atomic mass is 35.5. The van der Waals surface area contributed by atoms with Crippen LogP contribution in [0.2, 0.25) is 5.02 Å². The number of halogens is 1. The van der Waals surface area contributed by atoms with Gasteiger partial charge in [-0.1, -0.05) is 29.8 Å². The van der Waals surface area contributed by atoms with Gasteiger partial charge in [0.05, 0.1) is 17.7 Å². The number of nitrogens with one attached hydrogen (secondary N) is 2. The molecule has 0 aliphatic carbocycles. The number of hydrogen-bond donors (Lipinski definition) is 2. The van der Waals surface area contributed by atoms with Crippen LogP contribution < -0.4 is 15.4 Å². The summed E-state index contributed by atoms with van der Waals surface area (Å²) in [7, 11) is 1.41. The largest absolute Gasteiger partial charge is 0.495 e. The van der Waals surface area contributed by atoms with E-state index in [4.69, 9.17) is 16.3 Å². The molecule has 0 saturated heterocycles. The monoisotopic (exact) mass is 335 g/mol. The highest BCUT2D eigenvalue weighted by molar-refractivity contribution is 6.31. The number of amides is 2. The molecule has 0 heterocycles. The third-order valence-corrected chi connectivity index (χ3v) is 3.41. The maximum absolute atomic E-state index is 12.0. The summed E-state index contributed by atoms with van der Waals surface area (Å²) in [6, 6.07) is 10.5. The van der Waals surface area contributed by atoms with E-state index in [1.54, 1.807) is 18.2 Å². The average Bonchev–Trinajstić information content (AvgIpc) is 2.54. The summed E-state index contributed by atoms with van der Waals surface area (Å²) in [5, 5.41) is 16.5. The van der Waals surface area contributed by atoms with Crippen molar-refractivity contribution in [3.05, 3.63) is 63.2 Å². The van der Waals surface area contributed by atoms with E-state index in [1.807, 2.05) is 6.07 Å². The molecule has 0 radical (unpaired) electrons. The molecule has 0 bridgehead atoms. The lowest BCUT2D eigenvalue weighted by molar-refractivity contribution is -0.384. The number of nitrogens with zero attached hydrogens (tertiary/aromatic N) is 1. The van der Waals surface area contributed by atoms with Gasteiger partial charge in [0, 0.05) is 23.7 Å². The van der Waals surface area contributed by atoms with Gasteiger partial charge in [-0.3, -0.25) is 10.1 Å². The fraction of sp³-hybridized carbons (Fsp3) is 0.133. The predicted octanol–water partition coefficient (Wildman–Crippen LogP) is 3.58. The van der Waals surface area contributed by atoms with Crippen LogP contribution >= 0.6 is 11.6 Å². The second-order valence-electron chi connectivity index (χ2n) is 4.54. The molecule has 8 heteroatoms. The lowest BCUT2D eigenvalue weighted by Gasteiger charge is -2.11. The topological polar surface area (TPSA) is 93.5 Å². The van der Waals surface area contributed by atoms with Crippen LogP contribution in [0.3, 0.4) is 0 Å². The smallest absolute Gasteiger partial charge is 0.319 e. The van der Waals surface area contributed by atoms with Crippen LogP contribution in [0.1, 0.15) is 5.56 Å².